The molecule has 0 amide bonds. The van der Waals surface area contributed by atoms with Crippen LogP contribution in [0.3, 0.4) is 0 Å². The topological polar surface area (TPSA) is 237 Å². The lowest BCUT2D eigenvalue weighted by atomic mass is 9.99. The number of carbonyl (C=O) groups excluding carboxylic acids is 4. The van der Waals surface area contributed by atoms with Gasteiger partial charge in [0.2, 0.25) is 0 Å². The molecule has 0 saturated carbocycles. The normalized spacial score (nSPS) is 14.7. The van der Waals surface area contributed by atoms with Crippen molar-refractivity contribution < 1.29 is 80.2 Å². The van der Waals surface area contributed by atoms with E-state index in [2.05, 4.69) is 55.4 Å². The number of ether oxygens (including phenoxy) is 4. The maximum atomic E-state index is 13.1. The van der Waals surface area contributed by atoms with E-state index >= 15 is 0 Å². The van der Waals surface area contributed by atoms with Gasteiger partial charge < -0.3 is 33.8 Å². The Bertz CT molecular complexity index is 1850. The summed E-state index contributed by atoms with van der Waals surface area (Å²) in [6, 6.07) is 0. The lowest BCUT2D eigenvalue weighted by molar-refractivity contribution is -0.161. The van der Waals surface area contributed by atoms with Crippen LogP contribution >= 0.6 is 15.6 Å². The number of phosphoric ester groups is 2. The van der Waals surface area contributed by atoms with Crippen LogP contribution in [0.25, 0.3) is 0 Å². The first-order chi connectivity index (χ1) is 45.2. The number of carbonyl (C=O) groups is 4. The highest BCUT2D eigenvalue weighted by Crippen LogP contribution is 2.45. The molecule has 0 aliphatic rings. The van der Waals surface area contributed by atoms with E-state index in [1.165, 1.54) is 173 Å². The molecule has 0 aliphatic carbocycles. The van der Waals surface area contributed by atoms with Gasteiger partial charge in [-0.3, -0.25) is 37.3 Å². The first-order valence-electron chi connectivity index (χ1n) is 38.8. The minimum Gasteiger partial charge on any atom is -0.462 e. The van der Waals surface area contributed by atoms with Crippen molar-refractivity contribution in [3.63, 3.8) is 0 Å². The fraction of sp³-hybridized carbons (Fsp3) is 0.947. The van der Waals surface area contributed by atoms with Crippen molar-refractivity contribution in [3.05, 3.63) is 0 Å². The first-order valence-corrected chi connectivity index (χ1v) is 41.8. The number of hydrogen-bond donors (Lipinski definition) is 3. The molecule has 0 radical (unpaired) electrons. The Hall–Kier alpha value is -1.94. The SMILES string of the molecule is CCC(C)CCCCCCCCCCC(=O)O[C@H](COC(=O)CCCCCCCCCCC(C)C)COP(=O)(O)OCC(O)COP(=O)(O)OC[C@@H](COC(=O)CCCCCCCCC(C)CC)OC(=O)CCCCCCCCCCCCCCCCCCCCC(C)C. The van der Waals surface area contributed by atoms with Gasteiger partial charge in [-0.2, -0.15) is 0 Å². The Morgan fingerprint density at radius 2 is 0.511 bits per heavy atom. The van der Waals surface area contributed by atoms with Crippen LogP contribution in [0, 0.1) is 23.7 Å². The third-order valence-corrected chi connectivity index (χ3v) is 19.9. The summed E-state index contributed by atoms with van der Waals surface area (Å²) in [6.45, 7) is 14.1. The second-order valence-electron chi connectivity index (χ2n) is 28.5. The molecule has 0 aromatic heterocycles. The third kappa shape index (κ3) is 66.0. The Morgan fingerprint density at radius 1 is 0.298 bits per heavy atom. The third-order valence-electron chi connectivity index (χ3n) is 18.0. The van der Waals surface area contributed by atoms with Gasteiger partial charge in [-0.1, -0.05) is 325 Å². The van der Waals surface area contributed by atoms with Gasteiger partial charge in [0.25, 0.3) is 0 Å². The predicted molar refractivity (Wildman–Crippen MR) is 381 cm³/mol. The standard InChI is InChI=1S/C75H146O17P2/c1-9-67(7)53-45-37-29-24-26-32-42-50-58-75(80)92-70(61-85-72(77)55-47-39-30-25-23-28-36-44-52-66(5)6)63-89-93(81,82)87-59-69(76)60-88-94(83,84)90-64-71(62-86-73(78)56-48-40-34-33-38-46-54-68(8)10-2)91-74(79)57-49-41-31-22-20-18-16-14-12-11-13-15-17-19-21-27-35-43-51-65(3)4/h65-71,76H,9-64H2,1-8H3,(H,81,82)(H,83,84)/t67?,68?,69?,70-,71-/m1/s1. The molecule has 94 heavy (non-hydrogen) atoms. The van der Waals surface area contributed by atoms with Crippen LogP contribution in [0.4, 0.5) is 0 Å². The molecular weight excluding hydrogens is 1230 g/mol. The highest BCUT2D eigenvalue weighted by Gasteiger charge is 2.30. The largest absolute Gasteiger partial charge is 0.472 e. The van der Waals surface area contributed by atoms with Gasteiger partial charge in [0.15, 0.2) is 12.2 Å². The zero-order valence-corrected chi connectivity index (χ0v) is 63.4. The first kappa shape index (κ1) is 92.1. The molecule has 0 aliphatic heterocycles. The Labute approximate surface area is 575 Å². The molecule has 0 bridgehead atoms. The molecule has 7 atom stereocenters. The second-order valence-corrected chi connectivity index (χ2v) is 31.4. The van der Waals surface area contributed by atoms with Gasteiger partial charge in [0, 0.05) is 25.7 Å². The van der Waals surface area contributed by atoms with E-state index in [0.717, 1.165) is 120 Å². The van der Waals surface area contributed by atoms with E-state index in [9.17, 15) is 43.2 Å². The highest BCUT2D eigenvalue weighted by molar-refractivity contribution is 7.47. The maximum absolute atomic E-state index is 13.1. The minimum atomic E-state index is -4.96. The number of aliphatic hydroxyl groups excluding tert-OH is 1. The zero-order valence-electron chi connectivity index (χ0n) is 61.6. The molecule has 0 fully saturated rings. The summed E-state index contributed by atoms with van der Waals surface area (Å²) in [5.41, 5.74) is 0. The van der Waals surface area contributed by atoms with E-state index < -0.39 is 97.5 Å². The zero-order chi connectivity index (χ0) is 69.6. The summed E-state index contributed by atoms with van der Waals surface area (Å²) < 4.78 is 68.4. The summed E-state index contributed by atoms with van der Waals surface area (Å²) in [4.78, 5) is 72.7. The second kappa shape index (κ2) is 64.4. The van der Waals surface area contributed by atoms with Crippen molar-refractivity contribution in [2.45, 2.75) is 395 Å². The lowest BCUT2D eigenvalue weighted by Crippen LogP contribution is -2.30. The van der Waals surface area contributed by atoms with Crippen LogP contribution in [0.5, 0.6) is 0 Å². The average Bonchev–Trinajstić information content (AvgIpc) is 1.64. The van der Waals surface area contributed by atoms with Crippen LogP contribution in [-0.2, 0) is 65.4 Å². The molecule has 0 rings (SSSR count). The maximum Gasteiger partial charge on any atom is 0.472 e. The molecular formula is C75H146O17P2. The summed E-state index contributed by atoms with van der Waals surface area (Å²) in [5.74, 6) is 0.921. The lowest BCUT2D eigenvalue weighted by Gasteiger charge is -2.21. The van der Waals surface area contributed by atoms with E-state index in [0.29, 0.717) is 25.7 Å². The van der Waals surface area contributed by atoms with Crippen LogP contribution < -0.4 is 0 Å². The molecule has 17 nitrogen and oxygen atoms in total. The van der Waals surface area contributed by atoms with E-state index in [1.807, 2.05) is 0 Å². The monoisotopic (exact) mass is 1380 g/mol. The molecule has 0 heterocycles. The number of aliphatic hydroxyl groups is 1. The van der Waals surface area contributed by atoms with Crippen LogP contribution in [0.15, 0.2) is 0 Å². The summed E-state index contributed by atoms with van der Waals surface area (Å²) >= 11 is 0. The predicted octanol–water partition coefficient (Wildman–Crippen LogP) is 21.7. The van der Waals surface area contributed by atoms with E-state index in [-0.39, 0.29) is 25.7 Å². The number of esters is 4. The molecule has 0 saturated heterocycles. The Morgan fingerprint density at radius 3 is 0.755 bits per heavy atom. The summed E-state index contributed by atoms with van der Waals surface area (Å²) in [7, 11) is -9.91. The Balaban J connectivity index is 5.19. The van der Waals surface area contributed by atoms with Crippen molar-refractivity contribution in [2.75, 3.05) is 39.6 Å². The molecule has 558 valence electrons. The van der Waals surface area contributed by atoms with Gasteiger partial charge in [-0.15, -0.1) is 0 Å². The van der Waals surface area contributed by atoms with Crippen LogP contribution in [0.2, 0.25) is 0 Å². The summed E-state index contributed by atoms with van der Waals surface area (Å²) in [6.07, 6.45) is 48.7. The van der Waals surface area contributed by atoms with Crippen molar-refractivity contribution in [1.82, 2.24) is 0 Å². The highest BCUT2D eigenvalue weighted by atomic mass is 31.2. The number of phosphoric acid groups is 2. The van der Waals surface area contributed by atoms with E-state index in [4.69, 9.17) is 37.0 Å². The van der Waals surface area contributed by atoms with Crippen LogP contribution in [-0.4, -0.2) is 96.7 Å². The van der Waals surface area contributed by atoms with Gasteiger partial charge >= 0.3 is 39.5 Å². The van der Waals surface area contributed by atoms with Crippen molar-refractivity contribution in [3.8, 4) is 0 Å². The van der Waals surface area contributed by atoms with Gasteiger partial charge in [-0.25, -0.2) is 9.13 Å². The quantitative estimate of drug-likeness (QED) is 0.0222. The van der Waals surface area contributed by atoms with Gasteiger partial charge in [0.05, 0.1) is 26.4 Å². The average molecular weight is 1380 g/mol. The van der Waals surface area contributed by atoms with Crippen molar-refractivity contribution in [2.24, 2.45) is 23.7 Å². The molecule has 0 spiro atoms. The molecule has 19 heteroatoms. The summed E-state index contributed by atoms with van der Waals surface area (Å²) in [5, 5.41) is 10.6. The van der Waals surface area contributed by atoms with Gasteiger partial charge in [-0.05, 0) is 49.4 Å². The van der Waals surface area contributed by atoms with Crippen LogP contribution in [0.1, 0.15) is 376 Å². The smallest absolute Gasteiger partial charge is 0.462 e. The van der Waals surface area contributed by atoms with Gasteiger partial charge in [0.1, 0.15) is 19.3 Å². The van der Waals surface area contributed by atoms with Crippen molar-refractivity contribution >= 4 is 39.5 Å². The fourth-order valence-corrected chi connectivity index (χ4v) is 12.9. The van der Waals surface area contributed by atoms with Crippen molar-refractivity contribution in [1.29, 1.82) is 0 Å². The molecule has 0 aromatic rings. The number of rotatable bonds is 72. The number of unbranched alkanes of at least 4 members (excludes halogenated alkanes) is 36. The molecule has 0 aromatic carbocycles. The molecule has 5 unspecified atom stereocenters. The minimum absolute atomic E-state index is 0.104. The Kier molecular flexibility index (Phi) is 63.1. The number of hydrogen-bond acceptors (Lipinski definition) is 15. The molecule has 3 N–H and O–H groups in total. The van der Waals surface area contributed by atoms with E-state index in [1.54, 1.807) is 0 Å². The fourth-order valence-electron chi connectivity index (χ4n) is 11.3.